The van der Waals surface area contributed by atoms with Crippen molar-refractivity contribution in [2.45, 2.75) is 32.6 Å². The molecule has 0 fully saturated rings. The van der Waals surface area contributed by atoms with E-state index in [4.69, 9.17) is 23.2 Å². The number of benzene rings is 2. The molecule has 6 nitrogen and oxygen atoms in total. The van der Waals surface area contributed by atoms with Crippen LogP contribution in [0.2, 0.25) is 10.0 Å². The number of anilines is 1. The number of carbonyl (C=O) groups excluding carboxylic acids is 1. The lowest BCUT2D eigenvalue weighted by molar-refractivity contribution is -0.118. The Kier molecular flexibility index (Phi) is 4.76. The lowest BCUT2D eigenvalue weighted by Crippen LogP contribution is -2.35. The number of H-pyrrole nitrogens is 1. The molecule has 3 N–H and O–H groups in total. The number of aromatic hydroxyl groups is 1. The molecule has 2 heterocycles. The average Bonchev–Trinajstić information content (AvgIpc) is 3.04. The Morgan fingerprint density at radius 2 is 1.78 bits per heavy atom. The van der Waals surface area contributed by atoms with E-state index in [2.05, 4.69) is 24.3 Å². The molecule has 8 heteroatoms. The van der Waals surface area contributed by atoms with E-state index in [9.17, 15) is 14.7 Å². The Morgan fingerprint density at radius 3 is 2.50 bits per heavy atom. The fourth-order valence-electron chi connectivity index (χ4n) is 4.72. The van der Waals surface area contributed by atoms with Crippen LogP contribution in [0.3, 0.4) is 0 Å². The number of Topliss-reactive ketones (excluding diaryl/α,β-unsaturated/α-hetero) is 1. The SMILES string of the molecule is CC1(C)CC(=O)C2=C(C1)Nc1[nH]n(-c3cc(Cl)ccc3Cl)c(=O)c1[C@H]2c1ccc(O)cc1. The first-order valence-corrected chi connectivity index (χ1v) is 11.0. The molecule has 0 saturated heterocycles. The van der Waals surface area contributed by atoms with Crippen LogP contribution in [0.4, 0.5) is 5.82 Å². The van der Waals surface area contributed by atoms with E-state index in [1.807, 2.05) is 0 Å². The molecule has 2 aliphatic rings. The molecule has 1 atom stereocenters. The van der Waals surface area contributed by atoms with Crippen LogP contribution < -0.4 is 10.9 Å². The number of phenolic OH excluding ortho intramolecular Hbond substituents is 1. The Labute approximate surface area is 194 Å². The number of nitrogens with one attached hydrogen (secondary N) is 2. The standard InChI is InChI=1S/C24H21Cl2N3O3/c1-24(2)10-16-20(18(31)11-24)19(12-3-6-14(30)7-4-12)21-22(27-16)28-29(23(21)32)17-9-13(25)5-8-15(17)26/h3-9,19,27-28,30H,10-11H2,1-2H3/t19-/m0/s1. The lowest BCUT2D eigenvalue weighted by atomic mass is 9.69. The molecule has 0 bridgehead atoms. The first-order chi connectivity index (χ1) is 15.1. The third-order valence-electron chi connectivity index (χ3n) is 6.08. The molecular formula is C24H21Cl2N3O3. The summed E-state index contributed by atoms with van der Waals surface area (Å²) in [5.74, 6) is 0.0904. The number of hydrogen-bond acceptors (Lipinski definition) is 4. The topological polar surface area (TPSA) is 87.1 Å². The first-order valence-electron chi connectivity index (χ1n) is 10.3. The van der Waals surface area contributed by atoms with E-state index in [0.29, 0.717) is 45.5 Å². The van der Waals surface area contributed by atoms with Gasteiger partial charge in [-0.3, -0.25) is 14.7 Å². The fourth-order valence-corrected chi connectivity index (χ4v) is 5.09. The van der Waals surface area contributed by atoms with Gasteiger partial charge in [0.25, 0.3) is 5.56 Å². The van der Waals surface area contributed by atoms with Crippen LogP contribution in [0, 0.1) is 5.41 Å². The highest BCUT2D eigenvalue weighted by Crippen LogP contribution is 2.48. The van der Waals surface area contributed by atoms with Crippen LogP contribution in [0.15, 0.2) is 58.5 Å². The summed E-state index contributed by atoms with van der Waals surface area (Å²) in [6, 6.07) is 11.5. The molecule has 1 aliphatic carbocycles. The van der Waals surface area contributed by atoms with E-state index in [0.717, 1.165) is 11.3 Å². The van der Waals surface area contributed by atoms with Crippen LogP contribution in [0.5, 0.6) is 5.75 Å². The van der Waals surface area contributed by atoms with Gasteiger partial charge in [-0.05, 0) is 47.7 Å². The van der Waals surface area contributed by atoms with Crippen molar-refractivity contribution in [2.24, 2.45) is 5.41 Å². The maximum absolute atomic E-state index is 13.6. The van der Waals surface area contributed by atoms with Gasteiger partial charge >= 0.3 is 0 Å². The van der Waals surface area contributed by atoms with E-state index < -0.39 is 5.92 Å². The summed E-state index contributed by atoms with van der Waals surface area (Å²) in [6.07, 6.45) is 1.07. The number of halogens is 2. The molecule has 0 amide bonds. The van der Waals surface area contributed by atoms with Gasteiger partial charge in [0.2, 0.25) is 0 Å². The third-order valence-corrected chi connectivity index (χ3v) is 6.63. The summed E-state index contributed by atoms with van der Waals surface area (Å²) in [6.45, 7) is 4.11. The molecule has 3 aromatic rings. The van der Waals surface area contributed by atoms with Gasteiger partial charge in [-0.1, -0.05) is 49.2 Å². The number of aromatic amines is 1. The van der Waals surface area contributed by atoms with Crippen molar-refractivity contribution in [2.75, 3.05) is 5.32 Å². The van der Waals surface area contributed by atoms with Gasteiger partial charge in [-0.15, -0.1) is 0 Å². The molecular weight excluding hydrogens is 449 g/mol. The first kappa shape index (κ1) is 20.9. The van der Waals surface area contributed by atoms with Gasteiger partial charge < -0.3 is 10.4 Å². The molecule has 1 aromatic heterocycles. The maximum Gasteiger partial charge on any atom is 0.277 e. The van der Waals surface area contributed by atoms with Gasteiger partial charge in [0, 0.05) is 28.6 Å². The second-order valence-corrected chi connectivity index (χ2v) is 9.96. The minimum atomic E-state index is -0.562. The zero-order chi connectivity index (χ0) is 22.8. The quantitative estimate of drug-likeness (QED) is 0.470. The second-order valence-electron chi connectivity index (χ2n) is 9.12. The van der Waals surface area contributed by atoms with Gasteiger partial charge in [-0.25, -0.2) is 4.68 Å². The largest absolute Gasteiger partial charge is 0.508 e. The van der Waals surface area contributed by atoms with Crippen molar-refractivity contribution >= 4 is 34.8 Å². The summed E-state index contributed by atoms with van der Waals surface area (Å²) in [5.41, 5.74) is 2.50. The summed E-state index contributed by atoms with van der Waals surface area (Å²) in [4.78, 5) is 26.9. The molecule has 164 valence electrons. The molecule has 0 spiro atoms. The van der Waals surface area contributed by atoms with Gasteiger partial charge in [0.1, 0.15) is 11.6 Å². The average molecular weight is 470 g/mol. The van der Waals surface area contributed by atoms with Crippen molar-refractivity contribution in [3.63, 3.8) is 0 Å². The number of phenols is 1. The van der Waals surface area contributed by atoms with Gasteiger partial charge in [0.15, 0.2) is 5.78 Å². The van der Waals surface area contributed by atoms with Crippen molar-refractivity contribution in [1.29, 1.82) is 0 Å². The zero-order valence-electron chi connectivity index (χ0n) is 17.5. The normalized spacial score (nSPS) is 19.4. The van der Waals surface area contributed by atoms with Crippen molar-refractivity contribution in [1.82, 2.24) is 9.78 Å². The summed E-state index contributed by atoms with van der Waals surface area (Å²) in [5, 5.41) is 17.0. The molecule has 0 radical (unpaired) electrons. The number of fused-ring (bicyclic) bond motifs is 1. The number of ketones is 1. The highest BCUT2D eigenvalue weighted by atomic mass is 35.5. The predicted octanol–water partition coefficient (Wildman–Crippen LogP) is 5.38. The number of nitrogens with zero attached hydrogens (tertiary/aromatic N) is 1. The Hall–Kier alpha value is -2.96. The van der Waals surface area contributed by atoms with Crippen molar-refractivity contribution in [3.05, 3.63) is 85.3 Å². The monoisotopic (exact) mass is 469 g/mol. The lowest BCUT2D eigenvalue weighted by Gasteiger charge is -2.37. The van der Waals surface area contributed by atoms with Crippen molar-refractivity contribution < 1.29 is 9.90 Å². The Bertz CT molecular complexity index is 1350. The van der Waals surface area contributed by atoms with E-state index in [-0.39, 0.29) is 22.5 Å². The van der Waals surface area contributed by atoms with Crippen LogP contribution in [0.1, 0.15) is 43.7 Å². The molecule has 1 aliphatic heterocycles. The number of rotatable bonds is 2. The molecule has 5 rings (SSSR count). The van der Waals surface area contributed by atoms with Gasteiger partial charge in [-0.2, -0.15) is 0 Å². The highest BCUT2D eigenvalue weighted by Gasteiger charge is 2.43. The number of allylic oxidation sites excluding steroid dienone is 2. The number of hydrogen-bond donors (Lipinski definition) is 3. The van der Waals surface area contributed by atoms with Crippen LogP contribution in [-0.4, -0.2) is 20.7 Å². The second kappa shape index (κ2) is 7.29. The highest BCUT2D eigenvalue weighted by molar-refractivity contribution is 6.34. The van der Waals surface area contributed by atoms with Crippen LogP contribution in [0.25, 0.3) is 5.69 Å². The molecule has 32 heavy (non-hydrogen) atoms. The Balaban J connectivity index is 1.76. The Morgan fingerprint density at radius 1 is 1.06 bits per heavy atom. The minimum absolute atomic E-state index is 0.0143. The summed E-state index contributed by atoms with van der Waals surface area (Å²) in [7, 11) is 0. The minimum Gasteiger partial charge on any atom is -0.508 e. The molecule has 0 saturated carbocycles. The molecule has 0 unspecified atom stereocenters. The predicted molar refractivity (Wildman–Crippen MR) is 125 cm³/mol. The number of carbonyl (C=O) groups is 1. The smallest absolute Gasteiger partial charge is 0.277 e. The van der Waals surface area contributed by atoms with Gasteiger partial charge in [0.05, 0.1) is 16.3 Å². The van der Waals surface area contributed by atoms with Crippen molar-refractivity contribution in [3.8, 4) is 11.4 Å². The van der Waals surface area contributed by atoms with Crippen LogP contribution in [-0.2, 0) is 4.79 Å². The van der Waals surface area contributed by atoms with E-state index in [1.54, 1.807) is 42.5 Å². The fraction of sp³-hybridized carbons (Fsp3) is 0.250. The zero-order valence-corrected chi connectivity index (χ0v) is 19.0. The third kappa shape index (κ3) is 3.34. The maximum atomic E-state index is 13.6. The summed E-state index contributed by atoms with van der Waals surface area (Å²) < 4.78 is 1.35. The van der Waals surface area contributed by atoms with Crippen LogP contribution >= 0.6 is 23.2 Å². The van der Waals surface area contributed by atoms with E-state index in [1.165, 1.54) is 4.68 Å². The summed E-state index contributed by atoms with van der Waals surface area (Å²) >= 11 is 12.5. The molecule has 2 aromatic carbocycles. The number of aromatic nitrogens is 2. The van der Waals surface area contributed by atoms with E-state index >= 15 is 0 Å².